The Hall–Kier alpha value is -2.69. The van der Waals surface area contributed by atoms with Crippen molar-refractivity contribution in [2.45, 2.75) is 6.54 Å². The summed E-state index contributed by atoms with van der Waals surface area (Å²) in [6.45, 7) is 4.06. The first-order valence-electron chi connectivity index (χ1n) is 5.91. The summed E-state index contributed by atoms with van der Waals surface area (Å²) < 4.78 is 3.17. The van der Waals surface area contributed by atoms with Crippen molar-refractivity contribution < 1.29 is 0 Å². The van der Waals surface area contributed by atoms with Gasteiger partial charge in [0.05, 0.1) is 11.9 Å². The van der Waals surface area contributed by atoms with Crippen LogP contribution in [0.25, 0.3) is 16.7 Å². The summed E-state index contributed by atoms with van der Waals surface area (Å²) in [4.78, 5) is 16.5. The molecule has 2 heterocycles. The van der Waals surface area contributed by atoms with Crippen molar-refractivity contribution in [1.82, 2.24) is 19.3 Å². The SMILES string of the molecule is C=CCn1cnc2c(cnn2-c2ccccc2)c1=O. The van der Waals surface area contributed by atoms with Crippen LogP contribution in [0, 0.1) is 0 Å². The van der Waals surface area contributed by atoms with E-state index in [1.54, 1.807) is 17.0 Å². The van der Waals surface area contributed by atoms with Crippen LogP contribution in [0.1, 0.15) is 0 Å². The van der Waals surface area contributed by atoms with Crippen LogP contribution in [0.15, 0.2) is 60.3 Å². The molecule has 0 saturated heterocycles. The van der Waals surface area contributed by atoms with Gasteiger partial charge in [-0.3, -0.25) is 9.36 Å². The lowest BCUT2D eigenvalue weighted by molar-refractivity contribution is 0.764. The van der Waals surface area contributed by atoms with Gasteiger partial charge in [0.25, 0.3) is 5.56 Å². The quantitative estimate of drug-likeness (QED) is 0.667. The van der Waals surface area contributed by atoms with Crippen LogP contribution in [0.5, 0.6) is 0 Å². The maximum atomic E-state index is 12.2. The number of benzene rings is 1. The lowest BCUT2D eigenvalue weighted by Crippen LogP contribution is -2.19. The molecule has 3 aromatic rings. The molecule has 0 unspecified atom stereocenters. The number of allylic oxidation sites excluding steroid dienone is 1. The second-order valence-corrected chi connectivity index (χ2v) is 4.12. The number of rotatable bonds is 3. The van der Waals surface area contributed by atoms with Gasteiger partial charge in [-0.2, -0.15) is 5.10 Å². The van der Waals surface area contributed by atoms with E-state index in [-0.39, 0.29) is 5.56 Å². The number of para-hydroxylation sites is 1. The van der Waals surface area contributed by atoms with Crippen molar-refractivity contribution in [1.29, 1.82) is 0 Å². The Labute approximate surface area is 109 Å². The summed E-state index contributed by atoms with van der Waals surface area (Å²) in [7, 11) is 0. The van der Waals surface area contributed by atoms with Gasteiger partial charge in [-0.05, 0) is 12.1 Å². The van der Waals surface area contributed by atoms with Gasteiger partial charge in [-0.15, -0.1) is 6.58 Å². The molecule has 0 amide bonds. The van der Waals surface area contributed by atoms with E-state index in [1.165, 1.54) is 10.9 Å². The first-order chi connectivity index (χ1) is 9.31. The highest BCUT2D eigenvalue weighted by Gasteiger charge is 2.10. The summed E-state index contributed by atoms with van der Waals surface area (Å²) in [5.41, 5.74) is 1.34. The summed E-state index contributed by atoms with van der Waals surface area (Å²) >= 11 is 0. The van der Waals surface area contributed by atoms with Crippen LogP contribution < -0.4 is 5.56 Å². The molecule has 1 aromatic carbocycles. The third-order valence-corrected chi connectivity index (χ3v) is 2.88. The maximum absolute atomic E-state index is 12.2. The average Bonchev–Trinajstić information content (AvgIpc) is 2.88. The van der Waals surface area contributed by atoms with Gasteiger partial charge < -0.3 is 0 Å². The molecule has 0 radical (unpaired) electrons. The lowest BCUT2D eigenvalue weighted by atomic mass is 10.3. The third kappa shape index (κ3) is 1.85. The molecule has 19 heavy (non-hydrogen) atoms. The Balaban J connectivity index is 2.23. The molecule has 94 valence electrons. The summed E-state index contributed by atoms with van der Waals surface area (Å²) in [6.07, 6.45) is 4.74. The smallest absolute Gasteiger partial charge is 0.264 e. The third-order valence-electron chi connectivity index (χ3n) is 2.88. The standard InChI is InChI=1S/C14H12N4O/c1-2-8-17-10-15-13-12(14(17)19)9-16-18(13)11-6-4-3-5-7-11/h2-7,9-10H,1,8H2. The normalized spacial score (nSPS) is 10.7. The molecular weight excluding hydrogens is 240 g/mol. The molecule has 0 aliphatic rings. The zero-order valence-corrected chi connectivity index (χ0v) is 10.2. The molecule has 0 N–H and O–H groups in total. The highest BCUT2D eigenvalue weighted by Crippen LogP contribution is 2.12. The second-order valence-electron chi connectivity index (χ2n) is 4.12. The van der Waals surface area contributed by atoms with Gasteiger partial charge in [-0.25, -0.2) is 9.67 Å². The van der Waals surface area contributed by atoms with Crippen molar-refractivity contribution >= 4 is 11.0 Å². The molecule has 2 aromatic heterocycles. The predicted octanol–water partition coefficient (Wildman–Crippen LogP) is 1.77. The first kappa shape index (κ1) is 11.4. The zero-order valence-electron chi connectivity index (χ0n) is 10.2. The average molecular weight is 252 g/mol. The van der Waals surface area contributed by atoms with E-state index >= 15 is 0 Å². The van der Waals surface area contributed by atoms with E-state index in [0.717, 1.165) is 5.69 Å². The lowest BCUT2D eigenvalue weighted by Gasteiger charge is -2.03. The minimum atomic E-state index is -0.105. The van der Waals surface area contributed by atoms with E-state index in [2.05, 4.69) is 16.7 Å². The van der Waals surface area contributed by atoms with Gasteiger partial charge >= 0.3 is 0 Å². The fourth-order valence-corrected chi connectivity index (χ4v) is 1.98. The Morgan fingerprint density at radius 3 is 2.79 bits per heavy atom. The van der Waals surface area contributed by atoms with E-state index in [1.807, 2.05) is 30.3 Å². The topological polar surface area (TPSA) is 52.7 Å². The summed E-state index contributed by atoms with van der Waals surface area (Å²) in [6, 6.07) is 9.61. The molecule has 0 saturated carbocycles. The summed E-state index contributed by atoms with van der Waals surface area (Å²) in [5.74, 6) is 0. The van der Waals surface area contributed by atoms with E-state index in [0.29, 0.717) is 17.6 Å². The highest BCUT2D eigenvalue weighted by molar-refractivity contribution is 5.74. The van der Waals surface area contributed by atoms with Crippen molar-refractivity contribution in [3.8, 4) is 5.69 Å². The fourth-order valence-electron chi connectivity index (χ4n) is 1.98. The van der Waals surface area contributed by atoms with Crippen LogP contribution in [-0.4, -0.2) is 19.3 Å². The minimum absolute atomic E-state index is 0.105. The number of fused-ring (bicyclic) bond motifs is 1. The first-order valence-corrected chi connectivity index (χ1v) is 5.91. The number of hydrogen-bond acceptors (Lipinski definition) is 3. The summed E-state index contributed by atoms with van der Waals surface area (Å²) in [5, 5.41) is 4.75. The highest BCUT2D eigenvalue weighted by atomic mass is 16.1. The molecular formula is C14H12N4O. The Bertz CT molecular complexity index is 786. The van der Waals surface area contributed by atoms with Crippen LogP contribution in [0.3, 0.4) is 0 Å². The van der Waals surface area contributed by atoms with Crippen LogP contribution in [-0.2, 0) is 6.54 Å². The van der Waals surface area contributed by atoms with E-state index in [4.69, 9.17) is 0 Å². The van der Waals surface area contributed by atoms with Gasteiger partial charge in [0.2, 0.25) is 0 Å². The molecule has 0 fully saturated rings. The van der Waals surface area contributed by atoms with Crippen molar-refractivity contribution in [2.75, 3.05) is 0 Å². The van der Waals surface area contributed by atoms with Gasteiger partial charge in [-0.1, -0.05) is 24.3 Å². The van der Waals surface area contributed by atoms with Crippen molar-refractivity contribution in [3.05, 3.63) is 65.9 Å². The second kappa shape index (κ2) is 4.53. The van der Waals surface area contributed by atoms with Crippen molar-refractivity contribution in [3.63, 3.8) is 0 Å². The molecule has 3 rings (SSSR count). The van der Waals surface area contributed by atoms with Gasteiger partial charge in [0.15, 0.2) is 5.65 Å². The van der Waals surface area contributed by atoms with Crippen molar-refractivity contribution in [2.24, 2.45) is 0 Å². The van der Waals surface area contributed by atoms with Crippen LogP contribution in [0.2, 0.25) is 0 Å². The Kier molecular flexibility index (Phi) is 2.72. The molecule has 0 aliphatic heterocycles. The number of hydrogen-bond donors (Lipinski definition) is 0. The van der Waals surface area contributed by atoms with Crippen LogP contribution >= 0.6 is 0 Å². The largest absolute Gasteiger partial charge is 0.295 e. The molecule has 5 nitrogen and oxygen atoms in total. The minimum Gasteiger partial charge on any atom is -0.295 e. The van der Waals surface area contributed by atoms with E-state index < -0.39 is 0 Å². The Morgan fingerprint density at radius 2 is 2.05 bits per heavy atom. The zero-order chi connectivity index (χ0) is 13.2. The Morgan fingerprint density at radius 1 is 1.26 bits per heavy atom. The van der Waals surface area contributed by atoms with E-state index in [9.17, 15) is 4.79 Å². The molecule has 0 bridgehead atoms. The molecule has 0 aliphatic carbocycles. The number of nitrogens with zero attached hydrogens (tertiary/aromatic N) is 4. The maximum Gasteiger partial charge on any atom is 0.264 e. The molecule has 5 heteroatoms. The molecule has 0 atom stereocenters. The molecule has 0 spiro atoms. The van der Waals surface area contributed by atoms with Crippen LogP contribution in [0.4, 0.5) is 0 Å². The number of aromatic nitrogens is 4. The monoisotopic (exact) mass is 252 g/mol. The predicted molar refractivity (Wildman–Crippen MR) is 73.3 cm³/mol. The van der Waals surface area contributed by atoms with Gasteiger partial charge in [0.1, 0.15) is 11.7 Å². The fraction of sp³-hybridized carbons (Fsp3) is 0.0714. The van der Waals surface area contributed by atoms with Gasteiger partial charge in [0, 0.05) is 6.54 Å².